The zero-order chi connectivity index (χ0) is 7.84. The van der Waals surface area contributed by atoms with Gasteiger partial charge in [0.15, 0.2) is 0 Å². The molecule has 1 aromatic carbocycles. The van der Waals surface area contributed by atoms with Crippen LogP contribution < -0.4 is 0 Å². The molecule has 0 fully saturated rings. The molecule has 2 rings (SSSR count). The summed E-state index contributed by atoms with van der Waals surface area (Å²) in [4.78, 5) is 0. The minimum absolute atomic E-state index is 1.09. The molecular formula is C10H9Br. The molecule has 0 amide bonds. The van der Waals surface area contributed by atoms with Gasteiger partial charge in [0.1, 0.15) is 0 Å². The second-order valence-corrected chi connectivity index (χ2v) is 3.67. The average molecular weight is 209 g/mol. The number of rotatable bonds is 0. The molecule has 0 N–H and O–H groups in total. The van der Waals surface area contributed by atoms with Gasteiger partial charge < -0.3 is 0 Å². The molecule has 0 aromatic heterocycles. The van der Waals surface area contributed by atoms with Crippen LogP contribution in [0.3, 0.4) is 0 Å². The van der Waals surface area contributed by atoms with Crippen molar-refractivity contribution < 1.29 is 0 Å². The number of hydrogen-bond donors (Lipinski definition) is 0. The quantitative estimate of drug-likeness (QED) is 0.614. The first-order valence-electron chi connectivity index (χ1n) is 3.73. The summed E-state index contributed by atoms with van der Waals surface area (Å²) >= 11 is 3.58. The lowest BCUT2D eigenvalue weighted by molar-refractivity contribution is 1.28. The maximum atomic E-state index is 3.58. The molecule has 0 radical (unpaired) electrons. The first kappa shape index (κ1) is 7.11. The van der Waals surface area contributed by atoms with Gasteiger partial charge in [0, 0.05) is 4.47 Å². The van der Waals surface area contributed by atoms with Gasteiger partial charge in [-0.2, -0.15) is 0 Å². The molecule has 56 valence electrons. The summed E-state index contributed by atoms with van der Waals surface area (Å²) in [7, 11) is 0. The molecular weight excluding hydrogens is 200 g/mol. The topological polar surface area (TPSA) is 0 Å². The Hall–Kier alpha value is -0.560. The lowest BCUT2D eigenvalue weighted by Gasteiger charge is -2.03. The van der Waals surface area contributed by atoms with E-state index in [0.29, 0.717) is 0 Å². The van der Waals surface area contributed by atoms with Gasteiger partial charge in [-0.3, -0.25) is 0 Å². The van der Waals surface area contributed by atoms with E-state index in [1.54, 1.807) is 0 Å². The lowest BCUT2D eigenvalue weighted by Crippen LogP contribution is -1.85. The Bertz CT molecular complexity index is 324. The fourth-order valence-corrected chi connectivity index (χ4v) is 1.92. The molecule has 0 heterocycles. The smallest absolute Gasteiger partial charge is 0.0279 e. The summed E-state index contributed by atoms with van der Waals surface area (Å²) in [6.07, 6.45) is 5.48. The Morgan fingerprint density at radius 3 is 3.00 bits per heavy atom. The van der Waals surface area contributed by atoms with Crippen LogP contribution in [0.5, 0.6) is 0 Å². The fourth-order valence-electron chi connectivity index (χ4n) is 1.40. The first-order valence-corrected chi connectivity index (χ1v) is 4.53. The Kier molecular flexibility index (Phi) is 1.61. The molecule has 0 atom stereocenters. The van der Waals surface area contributed by atoms with Gasteiger partial charge in [0.05, 0.1) is 0 Å². The van der Waals surface area contributed by atoms with Crippen molar-refractivity contribution in [1.82, 2.24) is 0 Å². The number of benzene rings is 1. The predicted octanol–water partition coefficient (Wildman–Crippen LogP) is 3.33. The van der Waals surface area contributed by atoms with E-state index in [0.717, 1.165) is 6.42 Å². The van der Waals surface area contributed by atoms with E-state index in [-0.39, 0.29) is 0 Å². The van der Waals surface area contributed by atoms with Gasteiger partial charge in [0.2, 0.25) is 0 Å². The van der Waals surface area contributed by atoms with Crippen LogP contribution in [0, 0.1) is 6.92 Å². The van der Waals surface area contributed by atoms with Gasteiger partial charge in [-0.05, 0) is 46.0 Å². The highest BCUT2D eigenvalue weighted by atomic mass is 79.9. The van der Waals surface area contributed by atoms with E-state index in [9.17, 15) is 0 Å². The van der Waals surface area contributed by atoms with Crippen molar-refractivity contribution in [2.75, 3.05) is 0 Å². The second kappa shape index (κ2) is 2.49. The van der Waals surface area contributed by atoms with Gasteiger partial charge >= 0.3 is 0 Å². The van der Waals surface area contributed by atoms with E-state index in [1.165, 1.54) is 21.2 Å². The van der Waals surface area contributed by atoms with Crippen LogP contribution in [0.1, 0.15) is 16.7 Å². The number of halogens is 1. The standard InChI is InChI=1S/C10H9Br/c1-7-5-6-8-3-2-4-9(8)10(7)11/h2,4-6H,3H2,1H3. The molecule has 0 saturated carbocycles. The maximum Gasteiger partial charge on any atom is 0.0279 e. The zero-order valence-electron chi connectivity index (χ0n) is 6.39. The highest BCUT2D eigenvalue weighted by molar-refractivity contribution is 9.10. The van der Waals surface area contributed by atoms with Crippen LogP contribution in [-0.4, -0.2) is 0 Å². The Labute approximate surface area is 75.1 Å². The van der Waals surface area contributed by atoms with Gasteiger partial charge in [-0.25, -0.2) is 0 Å². The number of fused-ring (bicyclic) bond motifs is 1. The molecule has 1 aliphatic rings. The molecule has 0 spiro atoms. The summed E-state index contributed by atoms with van der Waals surface area (Å²) in [5.41, 5.74) is 4.11. The van der Waals surface area contributed by atoms with E-state index < -0.39 is 0 Å². The van der Waals surface area contributed by atoms with Crippen LogP contribution in [0.2, 0.25) is 0 Å². The fraction of sp³-hybridized carbons (Fsp3) is 0.200. The second-order valence-electron chi connectivity index (χ2n) is 2.88. The van der Waals surface area contributed by atoms with Crippen LogP contribution in [-0.2, 0) is 6.42 Å². The van der Waals surface area contributed by atoms with E-state index in [2.05, 4.69) is 47.1 Å². The highest BCUT2D eigenvalue weighted by Crippen LogP contribution is 2.29. The Balaban J connectivity index is 2.70. The monoisotopic (exact) mass is 208 g/mol. The Morgan fingerprint density at radius 2 is 2.18 bits per heavy atom. The van der Waals surface area contributed by atoms with E-state index in [4.69, 9.17) is 0 Å². The third kappa shape index (κ3) is 1.04. The number of allylic oxidation sites excluding steroid dienone is 1. The van der Waals surface area contributed by atoms with Crippen molar-refractivity contribution in [3.63, 3.8) is 0 Å². The third-order valence-electron chi connectivity index (χ3n) is 2.09. The maximum absolute atomic E-state index is 3.58. The van der Waals surface area contributed by atoms with Crippen molar-refractivity contribution in [2.24, 2.45) is 0 Å². The van der Waals surface area contributed by atoms with Crippen LogP contribution >= 0.6 is 15.9 Å². The third-order valence-corrected chi connectivity index (χ3v) is 3.14. The molecule has 0 saturated heterocycles. The largest absolute Gasteiger partial charge is 0.0795 e. The summed E-state index contributed by atoms with van der Waals surface area (Å²) in [6, 6.07) is 4.37. The predicted molar refractivity (Wildman–Crippen MR) is 51.6 cm³/mol. The SMILES string of the molecule is Cc1ccc2c(c1Br)C=CC2. The summed E-state index contributed by atoms with van der Waals surface area (Å²) < 4.78 is 1.25. The van der Waals surface area contributed by atoms with E-state index >= 15 is 0 Å². The van der Waals surface area contributed by atoms with E-state index in [1.807, 2.05) is 0 Å². The normalized spacial score (nSPS) is 13.6. The number of hydrogen-bond acceptors (Lipinski definition) is 0. The van der Waals surface area contributed by atoms with Crippen molar-refractivity contribution in [2.45, 2.75) is 13.3 Å². The zero-order valence-corrected chi connectivity index (χ0v) is 7.98. The summed E-state index contributed by atoms with van der Waals surface area (Å²) in [5, 5.41) is 0. The van der Waals surface area contributed by atoms with Crippen LogP contribution in [0.15, 0.2) is 22.7 Å². The van der Waals surface area contributed by atoms with Gasteiger partial charge in [0.25, 0.3) is 0 Å². The van der Waals surface area contributed by atoms with Crippen molar-refractivity contribution >= 4 is 22.0 Å². The van der Waals surface area contributed by atoms with Gasteiger partial charge in [-0.1, -0.05) is 24.3 Å². The van der Waals surface area contributed by atoms with Crippen LogP contribution in [0.25, 0.3) is 6.08 Å². The number of aryl methyl sites for hydroxylation is 1. The summed E-state index contributed by atoms with van der Waals surface area (Å²) in [5.74, 6) is 0. The molecule has 11 heavy (non-hydrogen) atoms. The summed E-state index contributed by atoms with van der Waals surface area (Å²) in [6.45, 7) is 2.12. The van der Waals surface area contributed by atoms with Crippen molar-refractivity contribution in [1.29, 1.82) is 0 Å². The minimum atomic E-state index is 1.09. The molecule has 1 aliphatic carbocycles. The van der Waals surface area contributed by atoms with Crippen LogP contribution in [0.4, 0.5) is 0 Å². The molecule has 0 nitrogen and oxygen atoms in total. The average Bonchev–Trinajstić information content (AvgIpc) is 2.45. The highest BCUT2D eigenvalue weighted by Gasteiger charge is 2.08. The lowest BCUT2D eigenvalue weighted by atomic mass is 10.1. The minimum Gasteiger partial charge on any atom is -0.0795 e. The van der Waals surface area contributed by atoms with Gasteiger partial charge in [-0.15, -0.1) is 0 Å². The Morgan fingerprint density at radius 1 is 1.36 bits per heavy atom. The molecule has 0 aliphatic heterocycles. The van der Waals surface area contributed by atoms with Crippen molar-refractivity contribution in [3.05, 3.63) is 39.4 Å². The molecule has 0 bridgehead atoms. The molecule has 1 heteroatoms. The van der Waals surface area contributed by atoms with Crippen molar-refractivity contribution in [3.8, 4) is 0 Å². The molecule has 0 unspecified atom stereocenters. The molecule has 1 aromatic rings. The first-order chi connectivity index (χ1) is 5.29.